The van der Waals surface area contributed by atoms with E-state index in [1.54, 1.807) is 12.1 Å². The number of hydrogen-bond acceptors (Lipinski definition) is 8. The van der Waals surface area contributed by atoms with Gasteiger partial charge in [0.25, 0.3) is 5.91 Å². The maximum Gasteiger partial charge on any atom is 0.384 e. The Morgan fingerprint density at radius 3 is 2.53 bits per heavy atom. The van der Waals surface area contributed by atoms with Gasteiger partial charge in [-0.2, -0.15) is 0 Å². The average Bonchev–Trinajstić information content (AvgIpc) is 3.28. The van der Waals surface area contributed by atoms with Gasteiger partial charge in [-0.1, -0.05) is 22.9 Å². The Balaban J connectivity index is 1.78. The molecule has 2 aromatic heterocycles. The second-order valence-corrected chi connectivity index (χ2v) is 10.8. The SMILES string of the molecule is CC(C)Oc1cc(OCc2cnc(P(=O)(O)O)s2)cc(C(=O)Nc2ncc(Cl)s2)c1. The highest BCUT2D eigenvalue weighted by Crippen LogP contribution is 2.35. The second-order valence-electron chi connectivity index (χ2n) is 6.23. The number of nitrogens with zero attached hydrogens (tertiary/aromatic N) is 2. The zero-order valence-electron chi connectivity index (χ0n) is 15.7. The van der Waals surface area contributed by atoms with E-state index in [0.29, 0.717) is 25.8 Å². The highest BCUT2D eigenvalue weighted by atomic mass is 35.5. The normalized spacial score (nSPS) is 11.5. The van der Waals surface area contributed by atoms with Gasteiger partial charge >= 0.3 is 7.60 Å². The number of benzene rings is 1. The zero-order valence-corrected chi connectivity index (χ0v) is 19.0. The molecule has 3 N–H and O–H groups in total. The molecule has 0 radical (unpaired) electrons. The monoisotopic (exact) mass is 489 g/mol. The van der Waals surface area contributed by atoms with E-state index in [1.807, 2.05) is 13.8 Å². The van der Waals surface area contributed by atoms with Crippen LogP contribution in [0.5, 0.6) is 11.5 Å². The number of ether oxygens (including phenoxy) is 2. The molecule has 0 saturated carbocycles. The lowest BCUT2D eigenvalue weighted by Gasteiger charge is -2.14. The molecule has 0 spiro atoms. The molecule has 0 aliphatic heterocycles. The number of nitrogens with one attached hydrogen (secondary N) is 1. The minimum atomic E-state index is -4.40. The molecule has 30 heavy (non-hydrogen) atoms. The van der Waals surface area contributed by atoms with E-state index in [4.69, 9.17) is 21.1 Å². The first-order valence-electron chi connectivity index (χ1n) is 8.48. The highest BCUT2D eigenvalue weighted by Gasteiger charge is 2.22. The molecule has 1 aromatic carbocycles. The van der Waals surface area contributed by atoms with Gasteiger partial charge in [0.15, 0.2) is 5.13 Å². The van der Waals surface area contributed by atoms with Crippen molar-refractivity contribution in [3.05, 3.63) is 45.4 Å². The van der Waals surface area contributed by atoms with E-state index in [-0.39, 0.29) is 23.0 Å². The van der Waals surface area contributed by atoms with Crippen LogP contribution >= 0.6 is 41.9 Å². The van der Waals surface area contributed by atoms with Gasteiger partial charge in [-0.15, -0.1) is 11.3 Å². The summed E-state index contributed by atoms with van der Waals surface area (Å²) in [7, 11) is -4.40. The molecule has 3 aromatic rings. The first kappa shape index (κ1) is 22.7. The molecule has 0 saturated heterocycles. The number of halogens is 1. The van der Waals surface area contributed by atoms with Gasteiger partial charge < -0.3 is 19.3 Å². The van der Waals surface area contributed by atoms with Crippen molar-refractivity contribution in [1.29, 1.82) is 0 Å². The fraction of sp³-hybridized carbons (Fsp3) is 0.235. The van der Waals surface area contributed by atoms with Gasteiger partial charge in [0.1, 0.15) is 22.4 Å². The van der Waals surface area contributed by atoms with Crippen LogP contribution in [0.15, 0.2) is 30.6 Å². The lowest BCUT2D eigenvalue weighted by Crippen LogP contribution is -2.13. The van der Waals surface area contributed by atoms with Gasteiger partial charge in [-0.3, -0.25) is 14.7 Å². The molecular weight excluding hydrogens is 473 g/mol. The Bertz CT molecular complexity index is 1100. The Kier molecular flexibility index (Phi) is 7.12. The summed E-state index contributed by atoms with van der Waals surface area (Å²) in [4.78, 5) is 39.2. The third kappa shape index (κ3) is 6.24. The van der Waals surface area contributed by atoms with Crippen molar-refractivity contribution in [2.24, 2.45) is 0 Å². The van der Waals surface area contributed by atoms with Crippen molar-refractivity contribution in [2.45, 2.75) is 26.6 Å². The molecular formula is C17H17ClN3O6PS2. The van der Waals surface area contributed by atoms with Crippen LogP contribution in [0.1, 0.15) is 29.1 Å². The summed E-state index contributed by atoms with van der Waals surface area (Å²) >= 11 is 7.83. The molecule has 2 heterocycles. The van der Waals surface area contributed by atoms with E-state index in [0.717, 1.165) is 22.7 Å². The summed E-state index contributed by atoms with van der Waals surface area (Å²) in [6.07, 6.45) is 2.66. The third-order valence-corrected chi connectivity index (χ3v) is 6.79. The summed E-state index contributed by atoms with van der Waals surface area (Å²) in [5.74, 6) is 0.369. The first-order chi connectivity index (χ1) is 14.1. The molecule has 0 bridgehead atoms. The van der Waals surface area contributed by atoms with E-state index < -0.39 is 13.5 Å². The summed E-state index contributed by atoms with van der Waals surface area (Å²) in [5, 5.41) is 3.02. The van der Waals surface area contributed by atoms with Crippen LogP contribution in [0.2, 0.25) is 4.34 Å². The number of carbonyl (C=O) groups excluding carboxylic acids is 1. The number of thiazole rings is 2. The molecule has 1 amide bonds. The molecule has 0 atom stereocenters. The number of anilines is 1. The van der Waals surface area contributed by atoms with Crippen molar-refractivity contribution in [1.82, 2.24) is 9.97 Å². The quantitative estimate of drug-likeness (QED) is 0.408. The lowest BCUT2D eigenvalue weighted by atomic mass is 10.2. The summed E-state index contributed by atoms with van der Waals surface area (Å²) in [6.45, 7) is 3.73. The molecule has 0 unspecified atom stereocenters. The van der Waals surface area contributed by atoms with Crippen molar-refractivity contribution in [3.63, 3.8) is 0 Å². The van der Waals surface area contributed by atoms with Crippen molar-refractivity contribution in [2.75, 3.05) is 5.32 Å². The smallest absolute Gasteiger partial charge is 0.384 e. The maximum absolute atomic E-state index is 12.6. The topological polar surface area (TPSA) is 131 Å². The molecule has 0 aliphatic rings. The average molecular weight is 490 g/mol. The largest absolute Gasteiger partial charge is 0.491 e. The number of rotatable bonds is 8. The molecule has 0 aliphatic carbocycles. The zero-order chi connectivity index (χ0) is 21.9. The van der Waals surface area contributed by atoms with Gasteiger partial charge in [-0.25, -0.2) is 9.97 Å². The number of amides is 1. The van der Waals surface area contributed by atoms with Gasteiger partial charge in [0.05, 0.1) is 17.2 Å². The minimum absolute atomic E-state index is 0.0198. The van der Waals surface area contributed by atoms with Crippen molar-refractivity contribution < 1.29 is 28.6 Å². The molecule has 9 nitrogen and oxygen atoms in total. The number of aromatic nitrogens is 2. The summed E-state index contributed by atoms with van der Waals surface area (Å²) < 4.78 is 22.8. The maximum atomic E-state index is 12.6. The fourth-order valence-electron chi connectivity index (χ4n) is 2.26. The summed E-state index contributed by atoms with van der Waals surface area (Å²) in [5.41, 5.74) is 0.287. The second kappa shape index (κ2) is 9.42. The van der Waals surface area contributed by atoms with Crippen LogP contribution in [-0.2, 0) is 11.2 Å². The van der Waals surface area contributed by atoms with Crippen LogP contribution in [0.3, 0.4) is 0 Å². The van der Waals surface area contributed by atoms with E-state index >= 15 is 0 Å². The van der Waals surface area contributed by atoms with Gasteiger partial charge in [0.2, 0.25) is 4.75 Å². The Morgan fingerprint density at radius 1 is 1.20 bits per heavy atom. The Labute approximate surface area is 184 Å². The lowest BCUT2D eigenvalue weighted by molar-refractivity contribution is 0.102. The van der Waals surface area contributed by atoms with E-state index in [1.165, 1.54) is 18.5 Å². The van der Waals surface area contributed by atoms with E-state index in [2.05, 4.69) is 15.3 Å². The molecule has 13 heteroatoms. The minimum Gasteiger partial charge on any atom is -0.491 e. The van der Waals surface area contributed by atoms with Crippen LogP contribution < -0.4 is 19.5 Å². The number of carbonyl (C=O) groups is 1. The molecule has 160 valence electrons. The van der Waals surface area contributed by atoms with Crippen molar-refractivity contribution >= 4 is 57.7 Å². The van der Waals surface area contributed by atoms with Gasteiger partial charge in [-0.05, 0) is 26.0 Å². The van der Waals surface area contributed by atoms with Crippen LogP contribution in [-0.4, -0.2) is 31.8 Å². The van der Waals surface area contributed by atoms with Crippen LogP contribution in [0.25, 0.3) is 0 Å². The van der Waals surface area contributed by atoms with Crippen molar-refractivity contribution in [3.8, 4) is 11.5 Å². The van der Waals surface area contributed by atoms with Crippen LogP contribution in [0, 0.1) is 0 Å². The number of hydrogen-bond donors (Lipinski definition) is 3. The van der Waals surface area contributed by atoms with Gasteiger partial charge in [0, 0.05) is 17.8 Å². The third-order valence-electron chi connectivity index (χ3n) is 3.38. The molecule has 3 rings (SSSR count). The Hall–Kier alpha value is -2.01. The standard InChI is InChI=1S/C17H17ClN3O6PS2/c1-9(2)27-12-4-10(15(22)21-16-19-7-14(18)30-16)3-11(5-12)26-8-13-6-20-17(29-13)28(23,24)25/h3-7,9H,8H2,1-2H3,(H,19,21,22)(H2,23,24,25). The fourth-order valence-corrected chi connectivity index (χ4v) is 4.67. The summed E-state index contributed by atoms with van der Waals surface area (Å²) in [6, 6.07) is 4.74. The molecule has 0 fully saturated rings. The first-order valence-corrected chi connectivity index (χ1v) is 12.1. The van der Waals surface area contributed by atoms with E-state index in [9.17, 15) is 19.1 Å². The Morgan fingerprint density at radius 2 is 1.93 bits per heavy atom. The van der Waals surface area contributed by atoms with Crippen LogP contribution in [0.4, 0.5) is 5.13 Å². The predicted octanol–water partition coefficient (Wildman–Crippen LogP) is 3.67. The highest BCUT2D eigenvalue weighted by molar-refractivity contribution is 7.66. The predicted molar refractivity (Wildman–Crippen MR) is 115 cm³/mol.